The predicted molar refractivity (Wildman–Crippen MR) is 126 cm³/mol. The van der Waals surface area contributed by atoms with E-state index in [-0.39, 0.29) is 28.1 Å². The van der Waals surface area contributed by atoms with Crippen LogP contribution in [-0.2, 0) is 26.0 Å². The Bertz CT molecular complexity index is 1340. The van der Waals surface area contributed by atoms with Gasteiger partial charge in [-0.05, 0) is 74.4 Å². The van der Waals surface area contributed by atoms with Crippen molar-refractivity contribution < 1.29 is 27.1 Å². The van der Waals surface area contributed by atoms with Gasteiger partial charge in [-0.2, -0.15) is 0 Å². The molecular formula is C25H23FN2O5S. The van der Waals surface area contributed by atoms with E-state index in [9.17, 15) is 22.4 Å². The number of ether oxygens (including phenoxy) is 1. The number of sulfonamides is 1. The molecule has 1 N–H and O–H groups in total. The molecule has 2 atom stereocenters. The van der Waals surface area contributed by atoms with Crippen LogP contribution in [-0.4, -0.2) is 32.4 Å². The van der Waals surface area contributed by atoms with E-state index >= 15 is 0 Å². The molecule has 1 amide bonds. The van der Waals surface area contributed by atoms with Crippen LogP contribution in [0.25, 0.3) is 0 Å². The number of nitrogens with zero attached hydrogens (tertiary/aromatic N) is 1. The highest BCUT2D eigenvalue weighted by atomic mass is 32.2. The van der Waals surface area contributed by atoms with Crippen LogP contribution < -0.4 is 9.62 Å². The third-order valence-electron chi connectivity index (χ3n) is 5.55. The van der Waals surface area contributed by atoms with Crippen LogP contribution in [0, 0.1) is 5.82 Å². The molecule has 1 aliphatic rings. The SMILES string of the molecule is C[C@@H](OC(=O)c1cccc(S(=O)(=O)Nc2ccc(F)cc2)c1)C(=O)N1c2ccccc2C[C@@H]1C. The fourth-order valence-electron chi connectivity index (χ4n) is 3.90. The van der Waals surface area contributed by atoms with E-state index in [0.29, 0.717) is 6.42 Å². The number of carbonyl (C=O) groups is 2. The van der Waals surface area contributed by atoms with Gasteiger partial charge in [0.05, 0.1) is 10.5 Å². The van der Waals surface area contributed by atoms with Crippen molar-refractivity contribution in [3.05, 3.63) is 89.7 Å². The first-order valence-corrected chi connectivity index (χ1v) is 12.1. The van der Waals surface area contributed by atoms with Gasteiger partial charge in [-0.1, -0.05) is 24.3 Å². The molecule has 0 spiro atoms. The minimum Gasteiger partial charge on any atom is -0.449 e. The Morgan fingerprint density at radius 3 is 2.50 bits per heavy atom. The summed E-state index contributed by atoms with van der Waals surface area (Å²) in [5.41, 5.74) is 2.00. The summed E-state index contributed by atoms with van der Waals surface area (Å²) in [5, 5.41) is 0. The lowest BCUT2D eigenvalue weighted by Gasteiger charge is -2.26. The molecule has 34 heavy (non-hydrogen) atoms. The monoisotopic (exact) mass is 482 g/mol. The highest BCUT2D eigenvalue weighted by Crippen LogP contribution is 2.32. The zero-order valence-electron chi connectivity index (χ0n) is 18.6. The van der Waals surface area contributed by atoms with Gasteiger partial charge in [-0.25, -0.2) is 17.6 Å². The number of carbonyl (C=O) groups excluding carboxylic acids is 2. The van der Waals surface area contributed by atoms with Crippen LogP contribution >= 0.6 is 0 Å². The summed E-state index contributed by atoms with van der Waals surface area (Å²) in [4.78, 5) is 27.2. The molecule has 0 fully saturated rings. The summed E-state index contributed by atoms with van der Waals surface area (Å²) >= 11 is 0. The van der Waals surface area contributed by atoms with Crippen LogP contribution in [0.5, 0.6) is 0 Å². The molecule has 4 rings (SSSR count). The number of anilines is 2. The van der Waals surface area contributed by atoms with E-state index in [1.807, 2.05) is 31.2 Å². The smallest absolute Gasteiger partial charge is 0.338 e. The van der Waals surface area contributed by atoms with Gasteiger partial charge in [0.15, 0.2) is 6.10 Å². The molecule has 0 saturated carbocycles. The Morgan fingerprint density at radius 1 is 1.06 bits per heavy atom. The number of halogens is 1. The standard InChI is InChI=1S/C25H23FN2O5S/c1-16-14-18-6-3-4-9-23(18)28(16)24(29)17(2)33-25(30)19-7-5-8-22(15-19)34(31,32)27-21-12-10-20(26)11-13-21/h3-13,15-17,27H,14H2,1-2H3/t16-,17+/m0/s1. The Kier molecular flexibility index (Phi) is 6.39. The number of hydrogen-bond acceptors (Lipinski definition) is 5. The molecule has 3 aromatic rings. The maximum Gasteiger partial charge on any atom is 0.338 e. The summed E-state index contributed by atoms with van der Waals surface area (Å²) in [6, 6.07) is 17.6. The fraction of sp³-hybridized carbons (Fsp3) is 0.200. The van der Waals surface area contributed by atoms with Crippen molar-refractivity contribution in [3.63, 3.8) is 0 Å². The number of para-hydroxylation sites is 1. The van der Waals surface area contributed by atoms with Gasteiger partial charge in [0.25, 0.3) is 15.9 Å². The van der Waals surface area contributed by atoms with Crippen LogP contribution in [0.2, 0.25) is 0 Å². The second-order valence-corrected chi connectivity index (χ2v) is 9.76. The molecule has 0 aliphatic carbocycles. The Labute approximate surface area is 197 Å². The average molecular weight is 483 g/mol. The third-order valence-corrected chi connectivity index (χ3v) is 6.93. The molecule has 0 bridgehead atoms. The predicted octanol–water partition coefficient (Wildman–Crippen LogP) is 4.15. The van der Waals surface area contributed by atoms with E-state index in [2.05, 4.69) is 4.72 Å². The van der Waals surface area contributed by atoms with Crippen LogP contribution in [0.4, 0.5) is 15.8 Å². The molecule has 1 aliphatic heterocycles. The van der Waals surface area contributed by atoms with Crippen molar-refractivity contribution in [2.45, 2.75) is 37.3 Å². The van der Waals surface area contributed by atoms with Crippen molar-refractivity contribution in [2.24, 2.45) is 0 Å². The molecule has 176 valence electrons. The number of hydrogen-bond donors (Lipinski definition) is 1. The molecular weight excluding hydrogens is 459 g/mol. The van der Waals surface area contributed by atoms with Crippen LogP contribution in [0.3, 0.4) is 0 Å². The third kappa shape index (κ3) is 4.79. The first-order chi connectivity index (χ1) is 16.2. The van der Waals surface area contributed by atoms with E-state index in [1.165, 1.54) is 43.3 Å². The first kappa shape index (κ1) is 23.4. The highest BCUT2D eigenvalue weighted by Gasteiger charge is 2.34. The molecule has 0 unspecified atom stereocenters. The summed E-state index contributed by atoms with van der Waals surface area (Å²) < 4.78 is 46.2. The molecule has 0 saturated heterocycles. The number of fused-ring (bicyclic) bond motifs is 1. The quantitative estimate of drug-likeness (QED) is 0.533. The van der Waals surface area contributed by atoms with Gasteiger partial charge in [-0.15, -0.1) is 0 Å². The van der Waals surface area contributed by atoms with Crippen molar-refractivity contribution in [1.29, 1.82) is 0 Å². The lowest BCUT2D eigenvalue weighted by Crippen LogP contribution is -2.43. The zero-order valence-corrected chi connectivity index (χ0v) is 19.4. The molecule has 7 nitrogen and oxygen atoms in total. The molecule has 9 heteroatoms. The number of nitrogens with one attached hydrogen (secondary N) is 1. The van der Waals surface area contributed by atoms with Crippen molar-refractivity contribution in [2.75, 3.05) is 9.62 Å². The Morgan fingerprint density at radius 2 is 1.76 bits per heavy atom. The van der Waals surface area contributed by atoms with Crippen molar-refractivity contribution in [3.8, 4) is 0 Å². The Hall–Kier alpha value is -3.72. The molecule has 3 aromatic carbocycles. The second kappa shape index (κ2) is 9.26. The summed E-state index contributed by atoms with van der Waals surface area (Å²) in [7, 11) is -4.04. The minimum absolute atomic E-state index is 0.0171. The topological polar surface area (TPSA) is 92.8 Å². The first-order valence-electron chi connectivity index (χ1n) is 10.7. The maximum absolute atomic E-state index is 13.1. The number of esters is 1. The van der Waals surface area contributed by atoms with Gasteiger partial charge in [0, 0.05) is 17.4 Å². The average Bonchev–Trinajstić information content (AvgIpc) is 3.15. The number of amides is 1. The van der Waals surface area contributed by atoms with Gasteiger partial charge in [0.1, 0.15) is 5.82 Å². The lowest BCUT2D eigenvalue weighted by molar-refractivity contribution is -0.126. The summed E-state index contributed by atoms with van der Waals surface area (Å²) in [5.74, 6) is -1.67. The number of benzene rings is 3. The van der Waals surface area contributed by atoms with Gasteiger partial charge in [0.2, 0.25) is 0 Å². The minimum atomic E-state index is -4.04. The van der Waals surface area contributed by atoms with Crippen LogP contribution in [0.15, 0.2) is 77.7 Å². The van der Waals surface area contributed by atoms with Gasteiger partial charge in [-0.3, -0.25) is 9.52 Å². The molecule has 0 aromatic heterocycles. The van der Waals surface area contributed by atoms with Crippen molar-refractivity contribution >= 4 is 33.3 Å². The van der Waals surface area contributed by atoms with E-state index in [4.69, 9.17) is 4.74 Å². The summed E-state index contributed by atoms with van der Waals surface area (Å²) in [6.07, 6.45) is -0.359. The fourth-order valence-corrected chi connectivity index (χ4v) is 5.00. The second-order valence-electron chi connectivity index (χ2n) is 8.08. The summed E-state index contributed by atoms with van der Waals surface area (Å²) in [6.45, 7) is 3.42. The van der Waals surface area contributed by atoms with E-state index in [0.717, 1.165) is 23.4 Å². The molecule has 1 heterocycles. The lowest BCUT2D eigenvalue weighted by atomic mass is 10.1. The molecule has 0 radical (unpaired) electrons. The zero-order chi connectivity index (χ0) is 24.5. The number of rotatable bonds is 6. The van der Waals surface area contributed by atoms with E-state index < -0.39 is 27.9 Å². The maximum atomic E-state index is 13.1. The normalized spacial score (nSPS) is 16.0. The van der Waals surface area contributed by atoms with Crippen molar-refractivity contribution in [1.82, 2.24) is 0 Å². The largest absolute Gasteiger partial charge is 0.449 e. The highest BCUT2D eigenvalue weighted by molar-refractivity contribution is 7.92. The van der Waals surface area contributed by atoms with Crippen LogP contribution in [0.1, 0.15) is 29.8 Å². The Balaban J connectivity index is 1.48. The van der Waals surface area contributed by atoms with Gasteiger partial charge < -0.3 is 9.64 Å². The van der Waals surface area contributed by atoms with Gasteiger partial charge >= 0.3 is 5.97 Å². The van der Waals surface area contributed by atoms with E-state index in [1.54, 1.807) is 4.90 Å².